The van der Waals surface area contributed by atoms with Gasteiger partial charge in [-0.1, -0.05) is 13.3 Å². The van der Waals surface area contributed by atoms with Crippen molar-refractivity contribution in [3.05, 3.63) is 0 Å². The number of hydrogen-bond donors (Lipinski definition) is 2. The molecule has 0 aromatic rings. The predicted molar refractivity (Wildman–Crippen MR) is 53.5 cm³/mol. The second kappa shape index (κ2) is 5.22. The molecule has 1 aliphatic rings. The van der Waals surface area contributed by atoms with Gasteiger partial charge in [-0.2, -0.15) is 0 Å². The van der Waals surface area contributed by atoms with Crippen molar-refractivity contribution in [3.63, 3.8) is 0 Å². The highest BCUT2D eigenvalue weighted by atomic mass is 16.2. The van der Waals surface area contributed by atoms with Gasteiger partial charge in [-0.3, -0.25) is 4.79 Å². The summed E-state index contributed by atoms with van der Waals surface area (Å²) in [6.45, 7) is 4.86. The minimum Gasteiger partial charge on any atom is -0.355 e. The van der Waals surface area contributed by atoms with Gasteiger partial charge in [0.1, 0.15) is 0 Å². The topological polar surface area (TPSA) is 41.1 Å². The van der Waals surface area contributed by atoms with Gasteiger partial charge in [-0.25, -0.2) is 0 Å². The molecule has 0 spiro atoms. The molecule has 1 fully saturated rings. The van der Waals surface area contributed by atoms with Crippen molar-refractivity contribution in [1.29, 1.82) is 0 Å². The first-order valence-electron chi connectivity index (χ1n) is 5.27. The van der Waals surface area contributed by atoms with E-state index < -0.39 is 0 Å². The Hall–Kier alpha value is -0.570. The SMILES string of the molecule is CCCCNC(=O)C(C)NC1CC1. The highest BCUT2D eigenvalue weighted by Gasteiger charge is 2.25. The summed E-state index contributed by atoms with van der Waals surface area (Å²) >= 11 is 0. The van der Waals surface area contributed by atoms with Crippen LogP contribution in [0.4, 0.5) is 0 Å². The molecule has 76 valence electrons. The molecule has 0 aromatic carbocycles. The molecule has 1 rings (SSSR count). The second-order valence-electron chi connectivity index (χ2n) is 3.81. The number of rotatable bonds is 6. The number of hydrogen-bond acceptors (Lipinski definition) is 2. The van der Waals surface area contributed by atoms with E-state index in [2.05, 4.69) is 17.6 Å². The Morgan fingerprint density at radius 1 is 1.54 bits per heavy atom. The molecule has 0 aromatic heterocycles. The lowest BCUT2D eigenvalue weighted by Gasteiger charge is -2.12. The monoisotopic (exact) mass is 184 g/mol. The Morgan fingerprint density at radius 2 is 2.23 bits per heavy atom. The highest BCUT2D eigenvalue weighted by Crippen LogP contribution is 2.19. The molecule has 1 aliphatic carbocycles. The molecule has 3 heteroatoms. The van der Waals surface area contributed by atoms with E-state index in [-0.39, 0.29) is 11.9 Å². The van der Waals surface area contributed by atoms with Crippen LogP contribution in [0.25, 0.3) is 0 Å². The van der Waals surface area contributed by atoms with Crippen molar-refractivity contribution in [2.24, 2.45) is 0 Å². The number of nitrogens with one attached hydrogen (secondary N) is 2. The van der Waals surface area contributed by atoms with Crippen molar-refractivity contribution in [3.8, 4) is 0 Å². The largest absolute Gasteiger partial charge is 0.355 e. The summed E-state index contributed by atoms with van der Waals surface area (Å²) in [6, 6.07) is 0.580. The normalized spacial score (nSPS) is 18.3. The summed E-state index contributed by atoms with van der Waals surface area (Å²) in [5, 5.41) is 6.18. The van der Waals surface area contributed by atoms with E-state index >= 15 is 0 Å². The molecular formula is C10H20N2O. The van der Waals surface area contributed by atoms with Crippen LogP contribution < -0.4 is 10.6 Å². The molecule has 2 N–H and O–H groups in total. The molecule has 1 saturated carbocycles. The Balaban J connectivity index is 2.05. The van der Waals surface area contributed by atoms with Gasteiger partial charge in [0.15, 0.2) is 0 Å². The Morgan fingerprint density at radius 3 is 2.77 bits per heavy atom. The zero-order chi connectivity index (χ0) is 9.68. The minimum atomic E-state index is -0.0237. The molecule has 1 amide bonds. The smallest absolute Gasteiger partial charge is 0.236 e. The number of amides is 1. The van der Waals surface area contributed by atoms with E-state index in [0.717, 1.165) is 19.4 Å². The molecule has 0 saturated heterocycles. The number of carbonyl (C=O) groups excluding carboxylic acids is 1. The molecule has 0 bridgehead atoms. The van der Waals surface area contributed by atoms with Crippen molar-refractivity contribution < 1.29 is 4.79 Å². The third-order valence-corrected chi connectivity index (χ3v) is 2.29. The van der Waals surface area contributed by atoms with Crippen LogP contribution in [0.15, 0.2) is 0 Å². The van der Waals surface area contributed by atoms with Crippen molar-refractivity contribution >= 4 is 5.91 Å². The maximum absolute atomic E-state index is 11.4. The van der Waals surface area contributed by atoms with Crippen molar-refractivity contribution in [2.75, 3.05) is 6.54 Å². The van der Waals surface area contributed by atoms with Gasteiger partial charge in [-0.15, -0.1) is 0 Å². The lowest BCUT2D eigenvalue weighted by atomic mass is 10.3. The van der Waals surface area contributed by atoms with E-state index in [9.17, 15) is 4.79 Å². The maximum Gasteiger partial charge on any atom is 0.236 e. The molecule has 1 unspecified atom stereocenters. The van der Waals surface area contributed by atoms with Gasteiger partial charge in [0.25, 0.3) is 0 Å². The zero-order valence-corrected chi connectivity index (χ0v) is 8.60. The van der Waals surface area contributed by atoms with E-state index in [1.807, 2.05) is 6.92 Å². The molecule has 0 aliphatic heterocycles. The number of carbonyl (C=O) groups is 1. The van der Waals surface area contributed by atoms with Crippen LogP contribution in [0.5, 0.6) is 0 Å². The Kier molecular flexibility index (Phi) is 4.22. The van der Waals surface area contributed by atoms with Crippen LogP contribution in [-0.2, 0) is 4.79 Å². The van der Waals surface area contributed by atoms with Gasteiger partial charge < -0.3 is 10.6 Å². The van der Waals surface area contributed by atoms with Crippen LogP contribution >= 0.6 is 0 Å². The fourth-order valence-electron chi connectivity index (χ4n) is 1.22. The molecular weight excluding hydrogens is 164 g/mol. The van der Waals surface area contributed by atoms with Gasteiger partial charge in [-0.05, 0) is 26.2 Å². The Bertz CT molecular complexity index is 166. The van der Waals surface area contributed by atoms with E-state index in [1.165, 1.54) is 12.8 Å². The lowest BCUT2D eigenvalue weighted by Crippen LogP contribution is -2.43. The maximum atomic E-state index is 11.4. The highest BCUT2D eigenvalue weighted by molar-refractivity contribution is 5.81. The average Bonchev–Trinajstić information content (AvgIpc) is 2.88. The van der Waals surface area contributed by atoms with Crippen molar-refractivity contribution in [2.45, 2.75) is 51.6 Å². The lowest BCUT2D eigenvalue weighted by molar-refractivity contribution is -0.122. The fraction of sp³-hybridized carbons (Fsp3) is 0.900. The first-order valence-corrected chi connectivity index (χ1v) is 5.27. The summed E-state index contributed by atoms with van der Waals surface area (Å²) in [4.78, 5) is 11.4. The van der Waals surface area contributed by atoms with Crippen LogP contribution in [0.1, 0.15) is 39.5 Å². The van der Waals surface area contributed by atoms with Gasteiger partial charge in [0.05, 0.1) is 6.04 Å². The van der Waals surface area contributed by atoms with Gasteiger partial charge >= 0.3 is 0 Å². The Labute approximate surface area is 80.3 Å². The fourth-order valence-corrected chi connectivity index (χ4v) is 1.22. The molecule has 13 heavy (non-hydrogen) atoms. The molecule has 0 heterocycles. The van der Waals surface area contributed by atoms with E-state index in [0.29, 0.717) is 6.04 Å². The summed E-state index contributed by atoms with van der Waals surface area (Å²) in [5.74, 6) is 0.139. The van der Waals surface area contributed by atoms with Crippen LogP contribution in [0, 0.1) is 0 Å². The summed E-state index contributed by atoms with van der Waals surface area (Å²) in [5.41, 5.74) is 0. The molecule has 0 radical (unpaired) electrons. The van der Waals surface area contributed by atoms with E-state index in [4.69, 9.17) is 0 Å². The standard InChI is InChI=1S/C10H20N2O/c1-3-4-7-11-10(13)8(2)12-9-5-6-9/h8-9,12H,3-7H2,1-2H3,(H,11,13). The van der Waals surface area contributed by atoms with Gasteiger partial charge in [0, 0.05) is 12.6 Å². The predicted octanol–water partition coefficient (Wildman–Crippen LogP) is 1.04. The average molecular weight is 184 g/mol. The molecule has 1 atom stereocenters. The summed E-state index contributed by atoms with van der Waals surface area (Å²) in [6.07, 6.45) is 4.66. The third-order valence-electron chi connectivity index (χ3n) is 2.29. The second-order valence-corrected chi connectivity index (χ2v) is 3.81. The third kappa shape index (κ3) is 4.27. The summed E-state index contributed by atoms with van der Waals surface area (Å²) < 4.78 is 0. The van der Waals surface area contributed by atoms with Gasteiger partial charge in [0.2, 0.25) is 5.91 Å². The molecule has 3 nitrogen and oxygen atoms in total. The summed E-state index contributed by atoms with van der Waals surface area (Å²) in [7, 11) is 0. The van der Waals surface area contributed by atoms with E-state index in [1.54, 1.807) is 0 Å². The van der Waals surface area contributed by atoms with Crippen LogP contribution in [0.3, 0.4) is 0 Å². The first-order chi connectivity index (χ1) is 6.24. The first kappa shape index (κ1) is 10.5. The minimum absolute atomic E-state index is 0.0237. The number of unbranched alkanes of at least 4 members (excludes halogenated alkanes) is 1. The van der Waals surface area contributed by atoms with Crippen LogP contribution in [0.2, 0.25) is 0 Å². The van der Waals surface area contributed by atoms with Crippen LogP contribution in [-0.4, -0.2) is 24.5 Å². The zero-order valence-electron chi connectivity index (χ0n) is 8.60. The van der Waals surface area contributed by atoms with Crippen molar-refractivity contribution in [1.82, 2.24) is 10.6 Å². The quantitative estimate of drug-likeness (QED) is 0.606.